The predicted molar refractivity (Wildman–Crippen MR) is 122 cm³/mol. The topological polar surface area (TPSA) is 87.1 Å². The maximum Gasteiger partial charge on any atom is 0.261 e. The number of rotatable bonds is 5. The number of H-pyrrole nitrogens is 1. The van der Waals surface area contributed by atoms with Gasteiger partial charge in [-0.15, -0.1) is 0 Å². The second-order valence-corrected chi connectivity index (χ2v) is 11.0. The van der Waals surface area contributed by atoms with E-state index in [0.29, 0.717) is 16.9 Å². The summed E-state index contributed by atoms with van der Waals surface area (Å²) in [6, 6.07) is 2.67. The molecular weight excluding hydrogens is 395 g/mol. The van der Waals surface area contributed by atoms with Crippen molar-refractivity contribution in [3.8, 4) is 0 Å². The third-order valence-electron chi connectivity index (χ3n) is 4.83. The fraction of sp³-hybridized carbons (Fsp3) is 0.522. The minimum atomic E-state index is -0.598. The normalized spacial score (nSPS) is 12.9. The number of hydrogen-bond donors (Lipinski definition) is 3. The van der Waals surface area contributed by atoms with Gasteiger partial charge in [-0.2, -0.15) is 4.39 Å². The Morgan fingerprint density at radius 1 is 1.13 bits per heavy atom. The van der Waals surface area contributed by atoms with Gasteiger partial charge in [0.05, 0.1) is 17.6 Å². The Labute approximate surface area is 182 Å². The summed E-state index contributed by atoms with van der Waals surface area (Å²) in [5.74, 6) is -0.0939. The van der Waals surface area contributed by atoms with Gasteiger partial charge in [-0.3, -0.25) is 9.89 Å². The van der Waals surface area contributed by atoms with E-state index in [2.05, 4.69) is 76.1 Å². The van der Waals surface area contributed by atoms with Crippen molar-refractivity contribution in [2.45, 2.75) is 72.8 Å². The van der Waals surface area contributed by atoms with Crippen LogP contribution in [0.25, 0.3) is 5.65 Å². The Balaban J connectivity index is 2.00. The quantitative estimate of drug-likeness (QED) is 0.477. The van der Waals surface area contributed by atoms with Gasteiger partial charge < -0.3 is 10.6 Å². The Kier molecular flexibility index (Phi) is 5.63. The lowest BCUT2D eigenvalue weighted by Gasteiger charge is -2.34. The zero-order valence-electron chi connectivity index (χ0n) is 19.6. The summed E-state index contributed by atoms with van der Waals surface area (Å²) in [6.07, 6.45) is 3.86. The van der Waals surface area contributed by atoms with Crippen LogP contribution in [0.1, 0.15) is 77.9 Å². The second kappa shape index (κ2) is 7.66. The molecule has 0 unspecified atom stereocenters. The molecule has 31 heavy (non-hydrogen) atoms. The third-order valence-corrected chi connectivity index (χ3v) is 4.83. The number of nitrogens with zero attached hydrogens (tertiary/aromatic N) is 3. The Morgan fingerprint density at radius 2 is 1.81 bits per heavy atom. The van der Waals surface area contributed by atoms with Crippen molar-refractivity contribution in [3.05, 3.63) is 41.7 Å². The van der Waals surface area contributed by atoms with Gasteiger partial charge in [0.25, 0.3) is 5.91 Å². The van der Waals surface area contributed by atoms with Crippen LogP contribution in [0.3, 0.4) is 0 Å². The first kappa shape index (κ1) is 22.8. The van der Waals surface area contributed by atoms with E-state index in [1.165, 1.54) is 18.3 Å². The van der Waals surface area contributed by atoms with Gasteiger partial charge >= 0.3 is 0 Å². The first-order valence-corrected chi connectivity index (χ1v) is 10.5. The van der Waals surface area contributed by atoms with Gasteiger partial charge in [-0.1, -0.05) is 41.5 Å². The Bertz CT molecular complexity index is 1080. The van der Waals surface area contributed by atoms with Crippen LogP contribution < -0.4 is 10.6 Å². The largest absolute Gasteiger partial charge is 0.364 e. The van der Waals surface area contributed by atoms with Crippen molar-refractivity contribution in [1.82, 2.24) is 19.6 Å². The van der Waals surface area contributed by atoms with Crippen molar-refractivity contribution in [3.63, 3.8) is 0 Å². The highest BCUT2D eigenvalue weighted by molar-refractivity contribution is 6.08. The molecule has 0 atom stereocenters. The van der Waals surface area contributed by atoms with E-state index >= 15 is 0 Å². The minimum Gasteiger partial charge on any atom is -0.364 e. The molecule has 168 valence electrons. The number of fused-ring (bicyclic) bond motifs is 1. The summed E-state index contributed by atoms with van der Waals surface area (Å²) in [5, 5.41) is 9.58. The lowest BCUT2D eigenvalue weighted by molar-refractivity contribution is 0.102. The molecule has 8 heteroatoms. The lowest BCUT2D eigenvalue weighted by atomic mass is 9.81. The van der Waals surface area contributed by atoms with Crippen molar-refractivity contribution >= 4 is 23.1 Å². The van der Waals surface area contributed by atoms with Gasteiger partial charge in [-0.25, -0.2) is 14.5 Å². The fourth-order valence-electron chi connectivity index (χ4n) is 4.06. The molecule has 7 nitrogen and oxygen atoms in total. The molecule has 0 aromatic carbocycles. The molecule has 3 aromatic heterocycles. The van der Waals surface area contributed by atoms with E-state index in [4.69, 9.17) is 4.98 Å². The molecule has 3 N–H and O–H groups in total. The SMILES string of the molecule is CC(C)(C)CC(C)(C)Nc1c(C(C)(C)C)nc2c(C(=O)Nc3ccc(F)nc3)c[nH]n12. The molecule has 0 aliphatic heterocycles. The average Bonchev–Trinajstić information content (AvgIpc) is 3.14. The number of hydrogen-bond acceptors (Lipinski definition) is 4. The number of nitrogens with one attached hydrogen (secondary N) is 3. The standard InChI is InChI=1S/C23H33FN6O/c1-21(2,3)13-23(7,8)29-19-17(22(4,5)6)28-18-15(12-26-30(18)19)20(31)27-14-9-10-16(24)25-11-14/h9-12,26,29H,13H2,1-8H3,(H,27,31). The molecule has 0 saturated carbocycles. The number of carbonyl (C=O) groups is 1. The first-order valence-electron chi connectivity index (χ1n) is 10.5. The number of imidazole rings is 1. The number of anilines is 2. The molecule has 3 heterocycles. The Morgan fingerprint density at radius 3 is 2.35 bits per heavy atom. The highest BCUT2D eigenvalue weighted by Crippen LogP contribution is 2.35. The molecule has 0 fully saturated rings. The lowest BCUT2D eigenvalue weighted by Crippen LogP contribution is -2.36. The van der Waals surface area contributed by atoms with Crippen molar-refractivity contribution < 1.29 is 9.18 Å². The summed E-state index contributed by atoms with van der Waals surface area (Å²) >= 11 is 0. The Hall–Kier alpha value is -2.90. The summed E-state index contributed by atoms with van der Waals surface area (Å²) in [5.41, 5.74) is 1.94. The summed E-state index contributed by atoms with van der Waals surface area (Å²) < 4.78 is 14.9. The van der Waals surface area contributed by atoms with Crippen molar-refractivity contribution in [2.24, 2.45) is 5.41 Å². The summed E-state index contributed by atoms with van der Waals surface area (Å²) in [4.78, 5) is 21.3. The van der Waals surface area contributed by atoms with Crippen LogP contribution in [0.5, 0.6) is 0 Å². The molecule has 0 aliphatic rings. The van der Waals surface area contributed by atoms with E-state index in [0.717, 1.165) is 17.9 Å². The van der Waals surface area contributed by atoms with E-state index in [-0.39, 0.29) is 22.3 Å². The average molecular weight is 429 g/mol. The zero-order chi connectivity index (χ0) is 23.2. The number of pyridine rings is 1. The molecule has 0 bridgehead atoms. The molecule has 0 aliphatic carbocycles. The summed E-state index contributed by atoms with van der Waals surface area (Å²) in [6.45, 7) is 17.3. The van der Waals surface area contributed by atoms with E-state index in [9.17, 15) is 9.18 Å². The van der Waals surface area contributed by atoms with Gasteiger partial charge in [-0.05, 0) is 37.8 Å². The first-order chi connectivity index (χ1) is 14.2. The van der Waals surface area contributed by atoms with Gasteiger partial charge in [0.15, 0.2) is 11.5 Å². The van der Waals surface area contributed by atoms with Crippen molar-refractivity contribution in [1.29, 1.82) is 0 Å². The minimum absolute atomic E-state index is 0.145. The van der Waals surface area contributed by atoms with Crippen LogP contribution in [0.4, 0.5) is 15.9 Å². The fourth-order valence-corrected chi connectivity index (χ4v) is 4.06. The van der Waals surface area contributed by atoms with Crippen LogP contribution in [-0.2, 0) is 5.41 Å². The third kappa shape index (κ3) is 5.24. The maximum absolute atomic E-state index is 13.1. The second-order valence-electron chi connectivity index (χ2n) is 11.0. The molecular formula is C23H33FN6O. The van der Waals surface area contributed by atoms with Crippen LogP contribution in [0.15, 0.2) is 24.5 Å². The number of aromatic amines is 1. The smallest absolute Gasteiger partial charge is 0.261 e. The van der Waals surface area contributed by atoms with E-state index in [1.807, 2.05) is 4.52 Å². The van der Waals surface area contributed by atoms with Gasteiger partial charge in [0, 0.05) is 17.2 Å². The van der Waals surface area contributed by atoms with Crippen molar-refractivity contribution in [2.75, 3.05) is 10.6 Å². The van der Waals surface area contributed by atoms with E-state index < -0.39 is 5.95 Å². The highest BCUT2D eigenvalue weighted by atomic mass is 19.1. The van der Waals surface area contributed by atoms with Crippen LogP contribution in [-0.4, -0.2) is 31.0 Å². The van der Waals surface area contributed by atoms with E-state index in [1.54, 1.807) is 6.20 Å². The number of aromatic nitrogens is 4. The number of halogens is 1. The number of amides is 1. The van der Waals surface area contributed by atoms with Crippen LogP contribution in [0.2, 0.25) is 0 Å². The maximum atomic E-state index is 13.1. The van der Waals surface area contributed by atoms with Crippen LogP contribution >= 0.6 is 0 Å². The molecule has 0 radical (unpaired) electrons. The van der Waals surface area contributed by atoms with Gasteiger partial charge in [0.1, 0.15) is 5.56 Å². The van der Waals surface area contributed by atoms with Gasteiger partial charge in [0.2, 0.25) is 5.95 Å². The monoisotopic (exact) mass is 428 g/mol. The molecule has 3 aromatic rings. The van der Waals surface area contributed by atoms with Crippen LogP contribution in [0, 0.1) is 11.4 Å². The molecule has 0 saturated heterocycles. The molecule has 3 rings (SSSR count). The number of carbonyl (C=O) groups excluding carboxylic acids is 1. The predicted octanol–water partition coefficient (Wildman–Crippen LogP) is 5.37. The highest BCUT2D eigenvalue weighted by Gasteiger charge is 2.32. The molecule has 0 spiro atoms. The molecule has 1 amide bonds. The summed E-state index contributed by atoms with van der Waals surface area (Å²) in [7, 11) is 0. The zero-order valence-corrected chi connectivity index (χ0v) is 19.6.